The van der Waals surface area contributed by atoms with Crippen LogP contribution >= 0.6 is 11.3 Å². The van der Waals surface area contributed by atoms with Crippen molar-refractivity contribution >= 4 is 22.5 Å². The molecule has 2 rings (SSSR count). The molecule has 3 N–H and O–H groups in total. The summed E-state index contributed by atoms with van der Waals surface area (Å²) < 4.78 is 10.3. The normalized spacial score (nSPS) is 11.6. The highest BCUT2D eigenvalue weighted by molar-refractivity contribution is 7.13. The van der Waals surface area contributed by atoms with Crippen molar-refractivity contribution in [3.8, 4) is 11.5 Å². The Morgan fingerprint density at radius 3 is 2.86 bits per heavy atom. The quantitative estimate of drug-likeness (QED) is 0.756. The molecular formula is C14H17N3O4S. The lowest BCUT2D eigenvalue weighted by Crippen LogP contribution is -2.32. The molecule has 1 atom stereocenters. The minimum atomic E-state index is -0.924. The van der Waals surface area contributed by atoms with Crippen LogP contribution in [-0.2, 0) is 0 Å². The van der Waals surface area contributed by atoms with Gasteiger partial charge in [0.15, 0.2) is 5.13 Å². The zero-order valence-corrected chi connectivity index (χ0v) is 13.0. The van der Waals surface area contributed by atoms with Gasteiger partial charge in [-0.2, -0.15) is 0 Å². The highest BCUT2D eigenvalue weighted by Crippen LogP contribution is 2.29. The molecule has 0 aliphatic heterocycles. The molecule has 0 spiro atoms. The van der Waals surface area contributed by atoms with Crippen LogP contribution in [-0.4, -0.2) is 36.9 Å². The summed E-state index contributed by atoms with van der Waals surface area (Å²) in [6.45, 7) is 0.0285. The van der Waals surface area contributed by atoms with Gasteiger partial charge in [-0.25, -0.2) is 9.78 Å². The number of hydrogen-bond acceptors (Lipinski definition) is 6. The summed E-state index contributed by atoms with van der Waals surface area (Å²) in [4.78, 5) is 15.6. The number of carbonyl (C=O) groups is 1. The maximum atomic E-state index is 11.7. The third-order valence-corrected chi connectivity index (χ3v) is 3.59. The molecule has 8 heteroatoms. The molecule has 2 amide bonds. The second-order valence-electron chi connectivity index (χ2n) is 4.30. The number of aromatic nitrogens is 1. The van der Waals surface area contributed by atoms with E-state index < -0.39 is 12.1 Å². The molecule has 1 aromatic heterocycles. The molecule has 0 aliphatic carbocycles. The number of carbonyl (C=O) groups excluding carboxylic acids is 1. The molecule has 1 unspecified atom stereocenters. The standard InChI is InChI=1S/C14H17N3O4S/c1-20-9-3-4-12(21-2)10(7-9)11(18)8-16-13(19)17-14-15-5-6-22-14/h3-7,11,18H,8H2,1-2H3,(H2,15,16,17,19). The van der Waals surface area contributed by atoms with Crippen molar-refractivity contribution in [3.05, 3.63) is 35.3 Å². The molecule has 2 aromatic rings. The molecule has 0 bridgehead atoms. The molecule has 0 saturated heterocycles. The zero-order valence-electron chi connectivity index (χ0n) is 12.2. The number of nitrogens with one attached hydrogen (secondary N) is 2. The fraction of sp³-hybridized carbons (Fsp3) is 0.286. The van der Waals surface area contributed by atoms with E-state index in [1.54, 1.807) is 29.8 Å². The fourth-order valence-electron chi connectivity index (χ4n) is 1.83. The van der Waals surface area contributed by atoms with Gasteiger partial charge in [-0.05, 0) is 18.2 Å². The lowest BCUT2D eigenvalue weighted by molar-refractivity contribution is 0.170. The average Bonchev–Trinajstić information content (AvgIpc) is 3.04. The van der Waals surface area contributed by atoms with E-state index in [-0.39, 0.29) is 6.54 Å². The maximum absolute atomic E-state index is 11.7. The van der Waals surface area contributed by atoms with Gasteiger partial charge in [-0.15, -0.1) is 11.3 Å². The van der Waals surface area contributed by atoms with Crippen LogP contribution in [0.4, 0.5) is 9.93 Å². The zero-order chi connectivity index (χ0) is 15.9. The average molecular weight is 323 g/mol. The lowest BCUT2D eigenvalue weighted by atomic mass is 10.1. The number of anilines is 1. The minimum Gasteiger partial charge on any atom is -0.497 e. The van der Waals surface area contributed by atoms with Gasteiger partial charge in [-0.1, -0.05) is 0 Å². The highest BCUT2D eigenvalue weighted by atomic mass is 32.1. The number of urea groups is 1. The van der Waals surface area contributed by atoms with E-state index in [1.807, 2.05) is 0 Å². The number of thiazole rings is 1. The number of ether oxygens (including phenoxy) is 2. The summed E-state index contributed by atoms with van der Waals surface area (Å²) in [6.07, 6.45) is 0.670. The molecule has 118 valence electrons. The lowest BCUT2D eigenvalue weighted by Gasteiger charge is -2.16. The first-order valence-electron chi connectivity index (χ1n) is 6.48. The van der Waals surface area contributed by atoms with Gasteiger partial charge in [0.05, 0.1) is 14.2 Å². The summed E-state index contributed by atoms with van der Waals surface area (Å²) in [6, 6.07) is 4.67. The van der Waals surface area contributed by atoms with Crippen molar-refractivity contribution in [1.82, 2.24) is 10.3 Å². The minimum absolute atomic E-state index is 0.0285. The van der Waals surface area contributed by atoms with E-state index in [0.29, 0.717) is 22.2 Å². The number of hydrogen-bond donors (Lipinski definition) is 3. The summed E-state index contributed by atoms with van der Waals surface area (Å²) >= 11 is 1.31. The molecular weight excluding hydrogens is 306 g/mol. The first kappa shape index (κ1) is 16.1. The highest BCUT2D eigenvalue weighted by Gasteiger charge is 2.16. The fourth-order valence-corrected chi connectivity index (χ4v) is 2.35. The van der Waals surface area contributed by atoms with Gasteiger partial charge in [0.25, 0.3) is 0 Å². The van der Waals surface area contributed by atoms with Crippen molar-refractivity contribution in [1.29, 1.82) is 0 Å². The van der Waals surface area contributed by atoms with Crippen LogP contribution in [0.2, 0.25) is 0 Å². The Hall–Kier alpha value is -2.32. The van der Waals surface area contributed by atoms with E-state index in [2.05, 4.69) is 15.6 Å². The number of nitrogens with zero attached hydrogens (tertiary/aromatic N) is 1. The second-order valence-corrected chi connectivity index (χ2v) is 5.19. The number of aliphatic hydroxyl groups is 1. The summed E-state index contributed by atoms with van der Waals surface area (Å²) in [5, 5.41) is 17.6. The van der Waals surface area contributed by atoms with Crippen LogP contribution in [0.15, 0.2) is 29.8 Å². The third-order valence-electron chi connectivity index (χ3n) is 2.90. The molecule has 0 fully saturated rings. The molecule has 0 aliphatic rings. The van der Waals surface area contributed by atoms with Crippen LogP contribution < -0.4 is 20.1 Å². The van der Waals surface area contributed by atoms with Crippen molar-refractivity contribution in [2.75, 3.05) is 26.1 Å². The maximum Gasteiger partial charge on any atom is 0.321 e. The summed E-state index contributed by atoms with van der Waals surface area (Å²) in [5.74, 6) is 1.12. The van der Waals surface area contributed by atoms with E-state index in [0.717, 1.165) is 0 Å². The Morgan fingerprint density at radius 1 is 1.41 bits per heavy atom. The molecule has 1 aromatic carbocycles. The Bertz CT molecular complexity index is 619. The second kappa shape index (κ2) is 7.62. The van der Waals surface area contributed by atoms with E-state index >= 15 is 0 Å². The number of amides is 2. The Morgan fingerprint density at radius 2 is 2.23 bits per heavy atom. The van der Waals surface area contributed by atoms with Crippen LogP contribution in [0.25, 0.3) is 0 Å². The van der Waals surface area contributed by atoms with Gasteiger partial charge >= 0.3 is 6.03 Å². The van der Waals surface area contributed by atoms with E-state index in [1.165, 1.54) is 25.6 Å². The van der Waals surface area contributed by atoms with Crippen molar-refractivity contribution in [2.45, 2.75) is 6.10 Å². The van der Waals surface area contributed by atoms with Crippen LogP contribution in [0, 0.1) is 0 Å². The van der Waals surface area contributed by atoms with Crippen molar-refractivity contribution in [3.63, 3.8) is 0 Å². The molecule has 1 heterocycles. The Kier molecular flexibility index (Phi) is 5.56. The number of aliphatic hydroxyl groups excluding tert-OH is 1. The Balaban J connectivity index is 1.96. The van der Waals surface area contributed by atoms with E-state index in [9.17, 15) is 9.90 Å². The van der Waals surface area contributed by atoms with Gasteiger partial charge < -0.3 is 19.9 Å². The summed E-state index contributed by atoms with van der Waals surface area (Å²) in [7, 11) is 3.05. The predicted octanol–water partition coefficient (Wildman–Crippen LogP) is 2.02. The SMILES string of the molecule is COc1ccc(OC)c(C(O)CNC(=O)Nc2nccs2)c1. The Labute approximate surface area is 131 Å². The number of rotatable bonds is 6. The number of methoxy groups -OCH3 is 2. The smallest absolute Gasteiger partial charge is 0.321 e. The molecule has 22 heavy (non-hydrogen) atoms. The van der Waals surface area contributed by atoms with Gasteiger partial charge in [0.2, 0.25) is 0 Å². The van der Waals surface area contributed by atoms with Gasteiger partial charge in [0, 0.05) is 23.7 Å². The van der Waals surface area contributed by atoms with E-state index in [4.69, 9.17) is 9.47 Å². The van der Waals surface area contributed by atoms with Crippen LogP contribution in [0.3, 0.4) is 0 Å². The first-order valence-corrected chi connectivity index (χ1v) is 7.36. The third kappa shape index (κ3) is 4.09. The topological polar surface area (TPSA) is 92.7 Å². The molecule has 7 nitrogen and oxygen atoms in total. The monoisotopic (exact) mass is 323 g/mol. The van der Waals surface area contributed by atoms with Gasteiger partial charge in [-0.3, -0.25) is 5.32 Å². The largest absolute Gasteiger partial charge is 0.497 e. The van der Waals surface area contributed by atoms with Gasteiger partial charge in [0.1, 0.15) is 17.6 Å². The molecule has 0 saturated carbocycles. The predicted molar refractivity (Wildman–Crippen MR) is 83.6 cm³/mol. The van der Waals surface area contributed by atoms with Crippen molar-refractivity contribution < 1.29 is 19.4 Å². The van der Waals surface area contributed by atoms with Crippen LogP contribution in [0.1, 0.15) is 11.7 Å². The first-order chi connectivity index (χ1) is 10.6. The number of benzene rings is 1. The summed E-state index contributed by atoms with van der Waals surface area (Å²) in [5.41, 5.74) is 0.538. The molecule has 0 radical (unpaired) electrons. The van der Waals surface area contributed by atoms with Crippen LogP contribution in [0.5, 0.6) is 11.5 Å². The van der Waals surface area contributed by atoms with Crippen molar-refractivity contribution in [2.24, 2.45) is 0 Å².